The van der Waals surface area contributed by atoms with Crippen LogP contribution >= 0.6 is 11.6 Å². The van der Waals surface area contributed by atoms with Gasteiger partial charge in [0.1, 0.15) is 5.15 Å². The van der Waals surface area contributed by atoms with Gasteiger partial charge in [0.25, 0.3) is 0 Å². The van der Waals surface area contributed by atoms with Crippen LogP contribution < -0.4 is 4.90 Å². The highest BCUT2D eigenvalue weighted by Gasteiger charge is 2.18. The molecule has 0 amide bonds. The van der Waals surface area contributed by atoms with E-state index < -0.39 is 0 Å². The predicted octanol–water partition coefficient (Wildman–Crippen LogP) is 2.51. The third-order valence-electron chi connectivity index (χ3n) is 3.09. The highest BCUT2D eigenvalue weighted by molar-refractivity contribution is 6.29. The molecular weight excluding hydrogens is 238 g/mol. The molecular formula is C12H18ClN3O. The molecule has 94 valence electrons. The molecule has 1 saturated heterocycles. The fourth-order valence-electron chi connectivity index (χ4n) is 2.02. The lowest BCUT2D eigenvalue weighted by Gasteiger charge is -2.30. The Labute approximate surface area is 107 Å². The Bertz CT molecular complexity index is 378. The summed E-state index contributed by atoms with van der Waals surface area (Å²) >= 11 is 6.00. The largest absolute Gasteiger partial charge is 0.378 e. The average molecular weight is 256 g/mol. The van der Waals surface area contributed by atoms with Crippen LogP contribution in [0.15, 0.2) is 6.07 Å². The van der Waals surface area contributed by atoms with E-state index in [1.165, 1.54) is 12.8 Å². The lowest BCUT2D eigenvalue weighted by atomic mass is 10.00. The highest BCUT2D eigenvalue weighted by Crippen LogP contribution is 2.21. The van der Waals surface area contributed by atoms with E-state index in [9.17, 15) is 0 Å². The average Bonchev–Trinajstić information content (AvgIpc) is 2.29. The number of ether oxygens (including phenoxy) is 1. The zero-order valence-electron chi connectivity index (χ0n) is 10.3. The Kier molecular flexibility index (Phi) is 4.18. The maximum absolute atomic E-state index is 6.00. The van der Waals surface area contributed by atoms with Gasteiger partial charge in [0.2, 0.25) is 5.95 Å². The summed E-state index contributed by atoms with van der Waals surface area (Å²) in [6.45, 7) is 4.77. The molecule has 1 fully saturated rings. The Morgan fingerprint density at radius 3 is 2.76 bits per heavy atom. The first-order chi connectivity index (χ1) is 8.19. The van der Waals surface area contributed by atoms with Crippen molar-refractivity contribution in [3.05, 3.63) is 16.9 Å². The van der Waals surface area contributed by atoms with Gasteiger partial charge in [-0.15, -0.1) is 0 Å². The van der Waals surface area contributed by atoms with E-state index in [1.807, 2.05) is 0 Å². The first kappa shape index (κ1) is 12.6. The molecule has 1 aliphatic heterocycles. The summed E-state index contributed by atoms with van der Waals surface area (Å²) in [4.78, 5) is 11.0. The molecule has 4 nitrogen and oxygen atoms in total. The second-order valence-electron chi connectivity index (χ2n) is 4.58. The van der Waals surface area contributed by atoms with Crippen molar-refractivity contribution in [2.75, 3.05) is 25.1 Å². The molecule has 2 heterocycles. The standard InChI is InChI=1S/C12H18ClN3O/c1-9-3-5-16(6-4-9)12-14-10(8-17-2)7-11(13)15-12/h7,9H,3-6,8H2,1-2H3. The van der Waals surface area contributed by atoms with Crippen LogP contribution in [0.25, 0.3) is 0 Å². The van der Waals surface area contributed by atoms with E-state index >= 15 is 0 Å². The van der Waals surface area contributed by atoms with Crippen molar-refractivity contribution < 1.29 is 4.74 Å². The van der Waals surface area contributed by atoms with Gasteiger partial charge in [-0.05, 0) is 24.8 Å². The zero-order valence-corrected chi connectivity index (χ0v) is 11.1. The number of rotatable bonds is 3. The van der Waals surface area contributed by atoms with E-state index in [0.29, 0.717) is 11.8 Å². The van der Waals surface area contributed by atoms with E-state index in [1.54, 1.807) is 13.2 Å². The van der Waals surface area contributed by atoms with E-state index in [4.69, 9.17) is 16.3 Å². The molecule has 17 heavy (non-hydrogen) atoms. The molecule has 0 spiro atoms. The number of anilines is 1. The molecule has 2 rings (SSSR count). The topological polar surface area (TPSA) is 38.2 Å². The Hall–Kier alpha value is -0.870. The fraction of sp³-hybridized carbons (Fsp3) is 0.667. The van der Waals surface area contributed by atoms with Gasteiger partial charge in [-0.1, -0.05) is 18.5 Å². The number of nitrogens with zero attached hydrogens (tertiary/aromatic N) is 3. The number of hydrogen-bond donors (Lipinski definition) is 0. The summed E-state index contributed by atoms with van der Waals surface area (Å²) < 4.78 is 5.07. The number of hydrogen-bond acceptors (Lipinski definition) is 4. The van der Waals surface area contributed by atoms with E-state index in [0.717, 1.165) is 30.6 Å². The van der Waals surface area contributed by atoms with Crippen molar-refractivity contribution in [3.8, 4) is 0 Å². The van der Waals surface area contributed by atoms with Crippen LogP contribution in [0.4, 0.5) is 5.95 Å². The minimum Gasteiger partial charge on any atom is -0.378 e. The molecule has 0 unspecified atom stereocenters. The molecule has 0 aliphatic carbocycles. The van der Waals surface area contributed by atoms with Gasteiger partial charge < -0.3 is 9.64 Å². The van der Waals surface area contributed by atoms with Crippen LogP contribution in [0.5, 0.6) is 0 Å². The van der Waals surface area contributed by atoms with Crippen LogP contribution in [-0.2, 0) is 11.3 Å². The quantitative estimate of drug-likeness (QED) is 0.778. The van der Waals surface area contributed by atoms with Crippen molar-refractivity contribution in [2.24, 2.45) is 5.92 Å². The van der Waals surface area contributed by atoms with Gasteiger partial charge in [0.15, 0.2) is 0 Å². The van der Waals surface area contributed by atoms with Crippen molar-refractivity contribution in [2.45, 2.75) is 26.4 Å². The van der Waals surface area contributed by atoms with E-state index in [-0.39, 0.29) is 0 Å². The number of aromatic nitrogens is 2. The fourth-order valence-corrected chi connectivity index (χ4v) is 2.22. The molecule has 5 heteroatoms. The van der Waals surface area contributed by atoms with Crippen LogP contribution in [0, 0.1) is 5.92 Å². The van der Waals surface area contributed by atoms with Crippen LogP contribution in [0.3, 0.4) is 0 Å². The summed E-state index contributed by atoms with van der Waals surface area (Å²) in [5, 5.41) is 0.487. The lowest BCUT2D eigenvalue weighted by molar-refractivity contribution is 0.181. The zero-order chi connectivity index (χ0) is 12.3. The maximum Gasteiger partial charge on any atom is 0.227 e. The molecule has 0 saturated carbocycles. The van der Waals surface area contributed by atoms with Crippen molar-refractivity contribution in [1.29, 1.82) is 0 Å². The summed E-state index contributed by atoms with van der Waals surface area (Å²) in [5.74, 6) is 1.53. The van der Waals surface area contributed by atoms with Crippen molar-refractivity contribution in [3.63, 3.8) is 0 Å². The summed E-state index contributed by atoms with van der Waals surface area (Å²) in [6.07, 6.45) is 2.38. The molecule has 1 aliphatic rings. The smallest absolute Gasteiger partial charge is 0.227 e. The normalized spacial score (nSPS) is 17.5. The van der Waals surface area contributed by atoms with Gasteiger partial charge >= 0.3 is 0 Å². The Morgan fingerprint density at radius 1 is 1.41 bits per heavy atom. The third kappa shape index (κ3) is 3.30. The number of halogens is 1. The Balaban J connectivity index is 2.14. The highest BCUT2D eigenvalue weighted by atomic mass is 35.5. The molecule has 1 aromatic rings. The summed E-state index contributed by atoms with van der Waals surface area (Å²) in [7, 11) is 1.65. The number of piperidine rings is 1. The number of methoxy groups -OCH3 is 1. The van der Waals surface area contributed by atoms with Crippen LogP contribution in [0.1, 0.15) is 25.5 Å². The molecule has 0 bridgehead atoms. The van der Waals surface area contributed by atoms with Crippen LogP contribution in [-0.4, -0.2) is 30.2 Å². The van der Waals surface area contributed by atoms with Gasteiger partial charge in [-0.25, -0.2) is 9.97 Å². The minimum atomic E-state index is 0.472. The molecule has 0 atom stereocenters. The summed E-state index contributed by atoms with van der Waals surface area (Å²) in [6, 6.07) is 1.75. The molecule has 0 aromatic carbocycles. The van der Waals surface area contributed by atoms with Crippen LogP contribution in [0.2, 0.25) is 5.15 Å². The predicted molar refractivity (Wildman–Crippen MR) is 68.4 cm³/mol. The third-order valence-corrected chi connectivity index (χ3v) is 3.29. The molecule has 1 aromatic heterocycles. The van der Waals surface area contributed by atoms with Gasteiger partial charge in [0.05, 0.1) is 12.3 Å². The second-order valence-corrected chi connectivity index (χ2v) is 4.97. The monoisotopic (exact) mass is 255 g/mol. The maximum atomic E-state index is 6.00. The minimum absolute atomic E-state index is 0.472. The SMILES string of the molecule is COCc1cc(Cl)nc(N2CCC(C)CC2)n1. The second kappa shape index (κ2) is 5.65. The Morgan fingerprint density at radius 2 is 2.12 bits per heavy atom. The molecule has 0 radical (unpaired) electrons. The molecule has 0 N–H and O–H groups in total. The first-order valence-corrected chi connectivity index (χ1v) is 6.34. The van der Waals surface area contributed by atoms with Crippen molar-refractivity contribution >= 4 is 17.5 Å². The van der Waals surface area contributed by atoms with Gasteiger partial charge in [-0.2, -0.15) is 0 Å². The lowest BCUT2D eigenvalue weighted by Crippen LogP contribution is -2.34. The van der Waals surface area contributed by atoms with Crippen molar-refractivity contribution in [1.82, 2.24) is 9.97 Å². The summed E-state index contributed by atoms with van der Waals surface area (Å²) in [5.41, 5.74) is 0.834. The first-order valence-electron chi connectivity index (χ1n) is 5.96. The van der Waals surface area contributed by atoms with E-state index in [2.05, 4.69) is 21.8 Å². The van der Waals surface area contributed by atoms with Gasteiger partial charge in [-0.3, -0.25) is 0 Å². The van der Waals surface area contributed by atoms with Gasteiger partial charge in [0, 0.05) is 20.2 Å².